The largest absolute Gasteiger partial charge is 0.318 e. The van der Waals surface area contributed by atoms with Crippen molar-refractivity contribution in [3.8, 4) is 11.3 Å². The molecule has 0 radical (unpaired) electrons. The fourth-order valence-electron chi connectivity index (χ4n) is 2.64. The monoisotopic (exact) mass is 338 g/mol. The zero-order valence-corrected chi connectivity index (χ0v) is 13.1. The van der Waals surface area contributed by atoms with Gasteiger partial charge in [0.2, 0.25) is 0 Å². The molecule has 2 aromatic heterocycles. The van der Waals surface area contributed by atoms with E-state index in [0.717, 1.165) is 5.56 Å². The third kappa shape index (κ3) is 2.37. The molecule has 0 saturated carbocycles. The van der Waals surface area contributed by atoms with Crippen LogP contribution in [0.1, 0.15) is 20.7 Å². The lowest BCUT2D eigenvalue weighted by molar-refractivity contribution is 0.0606. The van der Waals surface area contributed by atoms with Crippen LogP contribution in [0.25, 0.3) is 11.3 Å². The number of hydrogen-bond donors (Lipinski definition) is 0. The molecule has 24 heavy (non-hydrogen) atoms. The molecule has 0 bridgehead atoms. The summed E-state index contributed by atoms with van der Waals surface area (Å²) in [5.74, 6) is -0.585. The first-order chi connectivity index (χ1) is 11.6. The minimum absolute atomic E-state index is 0.111. The lowest BCUT2D eigenvalue weighted by atomic mass is 10.1. The predicted molar refractivity (Wildman–Crippen MR) is 87.4 cm³/mol. The number of imide groups is 1. The molecule has 1 aliphatic heterocycles. The highest BCUT2D eigenvalue weighted by atomic mass is 35.5. The van der Waals surface area contributed by atoms with Gasteiger partial charge < -0.3 is 4.57 Å². The molecule has 1 aliphatic rings. The molecule has 4 rings (SSSR count). The van der Waals surface area contributed by atoms with E-state index in [2.05, 4.69) is 9.97 Å². The first-order valence-corrected chi connectivity index (χ1v) is 7.60. The van der Waals surface area contributed by atoms with Gasteiger partial charge in [0.25, 0.3) is 11.8 Å². The molecule has 0 saturated heterocycles. The van der Waals surface area contributed by atoms with Gasteiger partial charge in [0, 0.05) is 18.0 Å². The number of fused-ring (bicyclic) bond motifs is 1. The van der Waals surface area contributed by atoms with Crippen LogP contribution in [0.5, 0.6) is 0 Å². The third-order valence-corrected chi connectivity index (χ3v) is 4.06. The Labute approximate surface area is 142 Å². The maximum Gasteiger partial charge on any atom is 0.263 e. The molecule has 0 N–H and O–H groups in total. The molecule has 0 unspecified atom stereocenters. The van der Waals surface area contributed by atoms with E-state index in [1.165, 1.54) is 4.90 Å². The normalized spacial score (nSPS) is 13.5. The quantitative estimate of drug-likeness (QED) is 0.544. The van der Waals surface area contributed by atoms with Gasteiger partial charge in [-0.15, -0.1) is 0 Å². The topological polar surface area (TPSA) is 68.1 Å². The number of benzene rings is 1. The van der Waals surface area contributed by atoms with Crippen LogP contribution in [-0.4, -0.2) is 31.2 Å². The highest BCUT2D eigenvalue weighted by molar-refractivity contribution is 6.29. The predicted octanol–water partition coefficient (Wildman–Crippen LogP) is 2.85. The molecule has 3 aromatic rings. The average molecular weight is 339 g/mol. The first kappa shape index (κ1) is 14.6. The number of carbonyl (C=O) groups is 2. The molecule has 0 spiro atoms. The van der Waals surface area contributed by atoms with Gasteiger partial charge in [-0.3, -0.25) is 14.5 Å². The minimum Gasteiger partial charge on any atom is -0.318 e. The summed E-state index contributed by atoms with van der Waals surface area (Å²) in [6.45, 7) is 0.111. The second-order valence-corrected chi connectivity index (χ2v) is 5.76. The summed E-state index contributed by atoms with van der Waals surface area (Å²) in [6.07, 6.45) is 4.96. The Hall–Kier alpha value is -2.99. The number of rotatable bonds is 3. The van der Waals surface area contributed by atoms with Crippen molar-refractivity contribution in [2.75, 3.05) is 0 Å². The van der Waals surface area contributed by atoms with E-state index in [4.69, 9.17) is 11.6 Å². The van der Waals surface area contributed by atoms with Crippen molar-refractivity contribution in [3.05, 3.63) is 71.4 Å². The molecular formula is C17H11ClN4O2. The van der Waals surface area contributed by atoms with E-state index >= 15 is 0 Å². The Bertz CT molecular complexity index is 914. The smallest absolute Gasteiger partial charge is 0.263 e. The van der Waals surface area contributed by atoms with E-state index < -0.39 is 0 Å². The summed E-state index contributed by atoms with van der Waals surface area (Å²) in [4.78, 5) is 34.3. The Morgan fingerprint density at radius 2 is 1.67 bits per heavy atom. The van der Waals surface area contributed by atoms with E-state index in [-0.39, 0.29) is 18.5 Å². The molecular weight excluding hydrogens is 328 g/mol. The highest BCUT2D eigenvalue weighted by Gasteiger charge is 2.35. The fraction of sp³-hybridized carbons (Fsp3) is 0.0588. The summed E-state index contributed by atoms with van der Waals surface area (Å²) in [5.41, 5.74) is 2.37. The highest BCUT2D eigenvalue weighted by Crippen LogP contribution is 2.24. The molecule has 1 aromatic carbocycles. The number of nitrogens with zero attached hydrogens (tertiary/aromatic N) is 4. The van der Waals surface area contributed by atoms with Crippen molar-refractivity contribution >= 4 is 23.4 Å². The van der Waals surface area contributed by atoms with Crippen LogP contribution in [0.4, 0.5) is 0 Å². The SMILES string of the molecule is O=C1c2ccccc2C(=O)N1Cn1cnc(-c2ccc(Cl)nc2)c1. The van der Waals surface area contributed by atoms with E-state index in [0.29, 0.717) is 22.0 Å². The summed E-state index contributed by atoms with van der Waals surface area (Å²) >= 11 is 5.78. The molecule has 6 nitrogen and oxygen atoms in total. The third-order valence-electron chi connectivity index (χ3n) is 3.84. The van der Waals surface area contributed by atoms with Crippen LogP contribution in [-0.2, 0) is 6.67 Å². The van der Waals surface area contributed by atoms with Crippen LogP contribution in [0.15, 0.2) is 55.1 Å². The summed E-state index contributed by atoms with van der Waals surface area (Å²) in [6, 6.07) is 10.3. The zero-order chi connectivity index (χ0) is 16.7. The van der Waals surface area contributed by atoms with Gasteiger partial charge in [-0.2, -0.15) is 0 Å². The summed E-state index contributed by atoms with van der Waals surface area (Å²) in [7, 11) is 0. The number of hydrogen-bond acceptors (Lipinski definition) is 4. The van der Waals surface area contributed by atoms with Crippen LogP contribution in [0.3, 0.4) is 0 Å². The Kier molecular flexibility index (Phi) is 3.39. The average Bonchev–Trinajstić information content (AvgIpc) is 3.16. The number of carbonyl (C=O) groups excluding carboxylic acids is 2. The lowest BCUT2D eigenvalue weighted by Crippen LogP contribution is -2.31. The van der Waals surface area contributed by atoms with Crippen LogP contribution in [0.2, 0.25) is 5.15 Å². The van der Waals surface area contributed by atoms with E-state index in [1.54, 1.807) is 53.6 Å². The van der Waals surface area contributed by atoms with Gasteiger partial charge in [0.1, 0.15) is 11.8 Å². The molecule has 7 heteroatoms. The molecule has 0 aliphatic carbocycles. The van der Waals surface area contributed by atoms with Crippen molar-refractivity contribution in [1.29, 1.82) is 0 Å². The van der Waals surface area contributed by atoms with Gasteiger partial charge in [-0.05, 0) is 24.3 Å². The number of amides is 2. The van der Waals surface area contributed by atoms with Gasteiger partial charge in [0.05, 0.1) is 23.1 Å². The Balaban J connectivity index is 1.58. The van der Waals surface area contributed by atoms with Crippen LogP contribution >= 0.6 is 11.6 Å². The number of imidazole rings is 1. The Morgan fingerprint density at radius 3 is 2.29 bits per heavy atom. The molecule has 118 valence electrons. The van der Waals surface area contributed by atoms with Crippen molar-refractivity contribution < 1.29 is 9.59 Å². The van der Waals surface area contributed by atoms with Gasteiger partial charge in [-0.25, -0.2) is 9.97 Å². The van der Waals surface area contributed by atoms with Crippen LogP contribution < -0.4 is 0 Å². The lowest BCUT2D eigenvalue weighted by Gasteiger charge is -2.13. The number of halogens is 1. The van der Waals surface area contributed by atoms with Crippen molar-refractivity contribution in [3.63, 3.8) is 0 Å². The standard InChI is InChI=1S/C17H11ClN4O2/c18-15-6-5-11(7-19-15)14-8-21(9-20-14)10-22-16(23)12-3-1-2-4-13(12)17(22)24/h1-9H,10H2. The molecule has 0 fully saturated rings. The zero-order valence-electron chi connectivity index (χ0n) is 12.4. The number of aromatic nitrogens is 3. The maximum absolute atomic E-state index is 12.4. The second kappa shape index (κ2) is 5.58. The summed E-state index contributed by atoms with van der Waals surface area (Å²) in [5, 5.41) is 0.407. The molecule has 3 heterocycles. The second-order valence-electron chi connectivity index (χ2n) is 5.37. The van der Waals surface area contributed by atoms with E-state index in [1.807, 2.05) is 6.07 Å². The minimum atomic E-state index is -0.293. The first-order valence-electron chi connectivity index (χ1n) is 7.22. The van der Waals surface area contributed by atoms with Gasteiger partial charge >= 0.3 is 0 Å². The van der Waals surface area contributed by atoms with Crippen molar-refractivity contribution in [1.82, 2.24) is 19.4 Å². The van der Waals surface area contributed by atoms with Gasteiger partial charge in [0.15, 0.2) is 0 Å². The van der Waals surface area contributed by atoms with Crippen LogP contribution in [0, 0.1) is 0 Å². The molecule has 2 amide bonds. The Morgan fingerprint density at radius 1 is 0.958 bits per heavy atom. The van der Waals surface area contributed by atoms with Gasteiger partial charge in [-0.1, -0.05) is 23.7 Å². The van der Waals surface area contributed by atoms with Crippen molar-refractivity contribution in [2.45, 2.75) is 6.67 Å². The van der Waals surface area contributed by atoms with Crippen molar-refractivity contribution in [2.24, 2.45) is 0 Å². The maximum atomic E-state index is 12.4. The summed E-state index contributed by atoms with van der Waals surface area (Å²) < 4.78 is 1.69. The fourth-order valence-corrected chi connectivity index (χ4v) is 2.76. The number of pyridine rings is 1. The van der Waals surface area contributed by atoms with E-state index in [9.17, 15) is 9.59 Å². The molecule has 0 atom stereocenters.